The fourth-order valence-corrected chi connectivity index (χ4v) is 1.57. The van der Waals surface area contributed by atoms with E-state index < -0.39 is 0 Å². The van der Waals surface area contributed by atoms with Gasteiger partial charge in [0.2, 0.25) is 0 Å². The second kappa shape index (κ2) is 1.56. The van der Waals surface area contributed by atoms with Gasteiger partial charge in [0.15, 0.2) is 0 Å². The van der Waals surface area contributed by atoms with Crippen molar-refractivity contribution in [3.8, 4) is 0 Å². The molecule has 0 amide bonds. The van der Waals surface area contributed by atoms with E-state index in [0.717, 1.165) is 0 Å². The Morgan fingerprint density at radius 2 is 1.91 bits per heavy atom. The van der Waals surface area contributed by atoms with Gasteiger partial charge >= 0.3 is 0 Å². The van der Waals surface area contributed by atoms with Gasteiger partial charge in [0, 0.05) is 22.2 Å². The van der Waals surface area contributed by atoms with Gasteiger partial charge in [-0.2, -0.15) is 0 Å². The lowest BCUT2D eigenvalue weighted by molar-refractivity contribution is 1.41. The fraction of sp³-hybridized carbons (Fsp3) is 0. The van der Waals surface area contributed by atoms with Crippen molar-refractivity contribution >= 4 is 23.1 Å². The van der Waals surface area contributed by atoms with Crippen LogP contribution in [0.5, 0.6) is 0 Å². The molecule has 11 heavy (non-hydrogen) atoms. The van der Waals surface area contributed by atoms with Gasteiger partial charge in [0.05, 0.1) is 0 Å². The maximum Gasteiger partial charge on any atom is 0.0465 e. The van der Waals surface area contributed by atoms with Crippen molar-refractivity contribution in [2.75, 3.05) is 0 Å². The predicted octanol–water partition coefficient (Wildman–Crippen LogP) is 2.65. The van der Waals surface area contributed by atoms with Gasteiger partial charge in [-0.3, -0.25) is 0 Å². The SMILES string of the molecule is C1=Cc2c1[nH]c1ccccc21. The molecule has 1 aromatic heterocycles. The van der Waals surface area contributed by atoms with Crippen LogP contribution < -0.4 is 0 Å². The van der Waals surface area contributed by atoms with Crippen LogP contribution in [0.1, 0.15) is 11.3 Å². The Labute approximate surface area is 64.4 Å². The summed E-state index contributed by atoms with van der Waals surface area (Å²) in [4.78, 5) is 3.33. The smallest absolute Gasteiger partial charge is 0.0465 e. The molecule has 0 spiro atoms. The molecule has 1 heteroatoms. The first kappa shape index (κ1) is 5.19. The van der Waals surface area contributed by atoms with Crippen LogP contribution in [-0.2, 0) is 0 Å². The number of H-pyrrole nitrogens is 1. The summed E-state index contributed by atoms with van der Waals surface area (Å²) in [7, 11) is 0. The lowest BCUT2D eigenvalue weighted by atomic mass is 10.0. The minimum Gasteiger partial charge on any atom is -0.355 e. The summed E-state index contributed by atoms with van der Waals surface area (Å²) in [5, 5.41) is 1.34. The Balaban J connectivity index is 2.56. The third-order valence-electron chi connectivity index (χ3n) is 2.19. The van der Waals surface area contributed by atoms with Gasteiger partial charge < -0.3 is 4.98 Å². The average molecular weight is 141 g/mol. The van der Waals surface area contributed by atoms with Gasteiger partial charge in [-0.05, 0) is 12.1 Å². The maximum absolute atomic E-state index is 3.33. The first-order valence-electron chi connectivity index (χ1n) is 3.74. The Bertz CT molecular complexity index is 449. The van der Waals surface area contributed by atoms with Gasteiger partial charge in [0.1, 0.15) is 0 Å². The zero-order chi connectivity index (χ0) is 7.26. The summed E-state index contributed by atoms with van der Waals surface area (Å²) in [5.41, 5.74) is 3.87. The Hall–Kier alpha value is -1.50. The van der Waals surface area contributed by atoms with Crippen molar-refractivity contribution in [2.45, 2.75) is 0 Å². The molecule has 0 saturated heterocycles. The standard InChI is InChI=1S/C10H7N/c1-2-4-9-7(3-1)8-5-6-10(8)11-9/h1-6,11H. The third kappa shape index (κ3) is 0.511. The molecule has 1 N–H and O–H groups in total. The maximum atomic E-state index is 3.33. The van der Waals surface area contributed by atoms with E-state index in [1.165, 1.54) is 22.2 Å². The van der Waals surface area contributed by atoms with Crippen LogP contribution in [0.15, 0.2) is 24.3 Å². The summed E-state index contributed by atoms with van der Waals surface area (Å²) in [6.45, 7) is 0. The lowest BCUT2D eigenvalue weighted by Crippen LogP contribution is -1.82. The zero-order valence-electron chi connectivity index (χ0n) is 5.96. The number of fused-ring (bicyclic) bond motifs is 3. The molecular weight excluding hydrogens is 134 g/mol. The number of hydrogen-bond acceptors (Lipinski definition) is 0. The van der Waals surface area contributed by atoms with Crippen LogP contribution in [0, 0.1) is 0 Å². The highest BCUT2D eigenvalue weighted by Crippen LogP contribution is 2.30. The molecule has 1 aromatic carbocycles. The van der Waals surface area contributed by atoms with E-state index in [2.05, 4.69) is 41.4 Å². The van der Waals surface area contributed by atoms with Crippen LogP contribution >= 0.6 is 0 Å². The molecule has 1 nitrogen and oxygen atoms in total. The van der Waals surface area contributed by atoms with Crippen molar-refractivity contribution in [3.05, 3.63) is 35.5 Å². The first-order chi connectivity index (χ1) is 5.45. The highest BCUT2D eigenvalue weighted by molar-refractivity contribution is 6.01. The summed E-state index contributed by atoms with van der Waals surface area (Å²) in [5.74, 6) is 0. The van der Waals surface area contributed by atoms with E-state index in [1.807, 2.05) is 0 Å². The molecule has 0 bridgehead atoms. The predicted molar refractivity (Wildman–Crippen MR) is 47.2 cm³/mol. The number of benzene rings is 1. The minimum atomic E-state index is 1.24. The molecule has 0 fully saturated rings. The van der Waals surface area contributed by atoms with Crippen molar-refractivity contribution in [3.63, 3.8) is 0 Å². The van der Waals surface area contributed by atoms with Crippen LogP contribution in [0.25, 0.3) is 23.1 Å². The van der Waals surface area contributed by atoms with Crippen molar-refractivity contribution in [1.82, 2.24) is 4.98 Å². The van der Waals surface area contributed by atoms with Crippen LogP contribution in [0.3, 0.4) is 0 Å². The Morgan fingerprint density at radius 1 is 1.00 bits per heavy atom. The molecule has 1 heterocycles. The summed E-state index contributed by atoms with van der Waals surface area (Å²) in [6, 6.07) is 8.38. The molecule has 0 aliphatic heterocycles. The molecule has 3 rings (SSSR count). The van der Waals surface area contributed by atoms with Crippen molar-refractivity contribution in [2.24, 2.45) is 0 Å². The monoisotopic (exact) mass is 141 g/mol. The Kier molecular flexibility index (Phi) is 0.737. The molecule has 2 aromatic rings. The van der Waals surface area contributed by atoms with E-state index in [4.69, 9.17) is 0 Å². The Morgan fingerprint density at radius 3 is 2.73 bits per heavy atom. The van der Waals surface area contributed by atoms with Gasteiger partial charge in [-0.25, -0.2) is 0 Å². The van der Waals surface area contributed by atoms with E-state index in [1.54, 1.807) is 0 Å². The number of nitrogens with one attached hydrogen (secondary N) is 1. The lowest BCUT2D eigenvalue weighted by Gasteiger charge is -2.00. The summed E-state index contributed by atoms with van der Waals surface area (Å²) >= 11 is 0. The molecule has 0 radical (unpaired) electrons. The molecule has 0 atom stereocenters. The molecule has 0 saturated carbocycles. The second-order valence-electron chi connectivity index (χ2n) is 2.83. The number of para-hydroxylation sites is 1. The van der Waals surface area contributed by atoms with Crippen molar-refractivity contribution < 1.29 is 0 Å². The molecular formula is C10H7N. The van der Waals surface area contributed by atoms with Crippen LogP contribution in [-0.4, -0.2) is 4.98 Å². The quantitative estimate of drug-likeness (QED) is 0.495. The van der Waals surface area contributed by atoms with Crippen molar-refractivity contribution in [1.29, 1.82) is 0 Å². The topological polar surface area (TPSA) is 15.8 Å². The number of hydrogen-bond donors (Lipinski definition) is 1. The second-order valence-corrected chi connectivity index (χ2v) is 2.83. The zero-order valence-corrected chi connectivity index (χ0v) is 5.96. The molecule has 1 aliphatic rings. The number of aromatic nitrogens is 1. The minimum absolute atomic E-state index is 1.24. The van der Waals surface area contributed by atoms with Gasteiger partial charge in [-0.1, -0.05) is 24.3 Å². The van der Waals surface area contributed by atoms with Gasteiger partial charge in [-0.15, -0.1) is 0 Å². The van der Waals surface area contributed by atoms with Crippen LogP contribution in [0.4, 0.5) is 0 Å². The van der Waals surface area contributed by atoms with Crippen LogP contribution in [0.2, 0.25) is 0 Å². The van der Waals surface area contributed by atoms with E-state index >= 15 is 0 Å². The van der Waals surface area contributed by atoms with E-state index in [9.17, 15) is 0 Å². The largest absolute Gasteiger partial charge is 0.355 e. The molecule has 52 valence electrons. The normalized spacial score (nSPS) is 13.1. The highest BCUT2D eigenvalue weighted by atomic mass is 14.7. The van der Waals surface area contributed by atoms with E-state index in [-0.39, 0.29) is 0 Å². The summed E-state index contributed by atoms with van der Waals surface area (Å²) in [6.07, 6.45) is 4.25. The molecule has 0 unspecified atom stereocenters. The fourth-order valence-electron chi connectivity index (χ4n) is 1.57. The third-order valence-corrected chi connectivity index (χ3v) is 2.19. The number of rotatable bonds is 0. The van der Waals surface area contributed by atoms with E-state index in [0.29, 0.717) is 0 Å². The summed E-state index contributed by atoms with van der Waals surface area (Å²) < 4.78 is 0. The van der Waals surface area contributed by atoms with Gasteiger partial charge in [0.25, 0.3) is 0 Å². The average Bonchev–Trinajstić information content (AvgIpc) is 2.23. The highest BCUT2D eigenvalue weighted by Gasteiger charge is 2.11. The first-order valence-corrected chi connectivity index (χ1v) is 3.74. The number of aromatic amines is 1. The molecule has 1 aliphatic carbocycles.